The highest BCUT2D eigenvalue weighted by Crippen LogP contribution is 2.24. The zero-order chi connectivity index (χ0) is 17.6. The van der Waals surface area contributed by atoms with Gasteiger partial charge in [-0.1, -0.05) is 11.8 Å². The number of pyridine rings is 1. The fraction of sp³-hybridized carbons (Fsp3) is 0.222. The van der Waals surface area contributed by atoms with E-state index in [9.17, 15) is 4.79 Å². The number of methoxy groups -OCH3 is 1. The minimum Gasteiger partial charge on any atom is -0.497 e. The predicted molar refractivity (Wildman–Crippen MR) is 97.0 cm³/mol. The molecule has 0 bridgehead atoms. The lowest BCUT2D eigenvalue weighted by molar-refractivity contribution is 0.102. The fourth-order valence-corrected chi connectivity index (χ4v) is 3.28. The second-order valence-corrected chi connectivity index (χ2v) is 6.17. The minimum absolute atomic E-state index is 0.0452. The van der Waals surface area contributed by atoms with E-state index in [1.54, 1.807) is 43.8 Å². The minimum atomic E-state index is 0.0452. The van der Waals surface area contributed by atoms with Crippen molar-refractivity contribution >= 4 is 17.5 Å². The summed E-state index contributed by atoms with van der Waals surface area (Å²) in [4.78, 5) is 16.4. The number of rotatable bonds is 7. The molecule has 0 radical (unpaired) electrons. The molecule has 2 aromatic heterocycles. The van der Waals surface area contributed by atoms with Crippen LogP contribution in [0.1, 0.15) is 17.3 Å². The van der Waals surface area contributed by atoms with Gasteiger partial charge in [-0.3, -0.25) is 9.78 Å². The second kappa shape index (κ2) is 7.94. The molecule has 1 aromatic carbocycles. The molecule has 6 nitrogen and oxygen atoms in total. The lowest BCUT2D eigenvalue weighted by Crippen LogP contribution is -2.05. The van der Waals surface area contributed by atoms with Gasteiger partial charge in [0, 0.05) is 30.1 Å². The van der Waals surface area contributed by atoms with Gasteiger partial charge < -0.3 is 9.30 Å². The SMILES string of the molecule is CCn1c(SCC(=O)c2ccc(OC)cc2)nnc1-c1ccncc1. The Kier molecular flexibility index (Phi) is 5.45. The summed E-state index contributed by atoms with van der Waals surface area (Å²) in [6.45, 7) is 2.76. The molecule has 3 rings (SSSR count). The lowest BCUT2D eigenvalue weighted by Gasteiger charge is -2.07. The van der Waals surface area contributed by atoms with Crippen LogP contribution < -0.4 is 4.74 Å². The van der Waals surface area contributed by atoms with Gasteiger partial charge >= 0.3 is 0 Å². The van der Waals surface area contributed by atoms with E-state index >= 15 is 0 Å². The van der Waals surface area contributed by atoms with Crippen molar-refractivity contribution in [2.24, 2.45) is 0 Å². The van der Waals surface area contributed by atoms with Crippen LogP contribution in [-0.4, -0.2) is 38.4 Å². The Morgan fingerprint density at radius 1 is 1.12 bits per heavy atom. The third kappa shape index (κ3) is 3.88. The first-order valence-corrected chi connectivity index (χ1v) is 8.85. The molecule has 25 heavy (non-hydrogen) atoms. The van der Waals surface area contributed by atoms with Gasteiger partial charge in [0.1, 0.15) is 5.75 Å². The molecule has 0 amide bonds. The zero-order valence-corrected chi connectivity index (χ0v) is 14.9. The molecule has 0 unspecified atom stereocenters. The van der Waals surface area contributed by atoms with E-state index in [0.717, 1.165) is 28.8 Å². The second-order valence-electron chi connectivity index (χ2n) is 5.23. The average molecular weight is 354 g/mol. The Bertz CT molecular complexity index is 847. The smallest absolute Gasteiger partial charge is 0.191 e. The first kappa shape index (κ1) is 17.2. The largest absolute Gasteiger partial charge is 0.497 e. The van der Waals surface area contributed by atoms with Crippen LogP contribution in [0.15, 0.2) is 53.9 Å². The number of carbonyl (C=O) groups excluding carboxylic acids is 1. The molecule has 0 aliphatic carbocycles. The highest BCUT2D eigenvalue weighted by Gasteiger charge is 2.15. The zero-order valence-electron chi connectivity index (χ0n) is 14.0. The number of carbonyl (C=O) groups is 1. The number of aromatic nitrogens is 4. The van der Waals surface area contributed by atoms with Gasteiger partial charge in [0.05, 0.1) is 12.9 Å². The van der Waals surface area contributed by atoms with Crippen molar-refractivity contribution in [1.82, 2.24) is 19.7 Å². The van der Waals surface area contributed by atoms with E-state index in [2.05, 4.69) is 15.2 Å². The van der Waals surface area contributed by atoms with Crippen molar-refractivity contribution in [2.45, 2.75) is 18.6 Å². The monoisotopic (exact) mass is 354 g/mol. The topological polar surface area (TPSA) is 69.9 Å². The number of nitrogens with zero attached hydrogens (tertiary/aromatic N) is 4. The van der Waals surface area contributed by atoms with Crippen LogP contribution in [0.5, 0.6) is 5.75 Å². The van der Waals surface area contributed by atoms with Crippen LogP contribution in [0.4, 0.5) is 0 Å². The number of hydrogen-bond acceptors (Lipinski definition) is 6. The summed E-state index contributed by atoms with van der Waals surface area (Å²) in [5, 5.41) is 9.24. The number of benzene rings is 1. The summed E-state index contributed by atoms with van der Waals surface area (Å²) >= 11 is 1.39. The van der Waals surface area contributed by atoms with E-state index < -0.39 is 0 Å². The quantitative estimate of drug-likeness (QED) is 0.479. The molecule has 0 saturated heterocycles. The van der Waals surface area contributed by atoms with Crippen LogP contribution in [0.3, 0.4) is 0 Å². The average Bonchev–Trinajstić information content (AvgIpc) is 3.09. The molecule has 3 aromatic rings. The van der Waals surface area contributed by atoms with Crippen LogP contribution in [0.2, 0.25) is 0 Å². The van der Waals surface area contributed by atoms with Crippen LogP contribution in [0, 0.1) is 0 Å². The molecule has 2 heterocycles. The van der Waals surface area contributed by atoms with Crippen LogP contribution in [0.25, 0.3) is 11.4 Å². The van der Waals surface area contributed by atoms with Gasteiger partial charge in [0.25, 0.3) is 0 Å². The molecule has 128 valence electrons. The third-order valence-corrected chi connectivity index (χ3v) is 4.68. The van der Waals surface area contributed by atoms with E-state index in [1.165, 1.54) is 11.8 Å². The van der Waals surface area contributed by atoms with Gasteiger partial charge in [-0.15, -0.1) is 10.2 Å². The molecule has 7 heteroatoms. The lowest BCUT2D eigenvalue weighted by atomic mass is 10.1. The molecule has 0 aliphatic heterocycles. The van der Waals surface area contributed by atoms with E-state index in [1.807, 2.05) is 23.6 Å². The highest BCUT2D eigenvalue weighted by atomic mass is 32.2. The Morgan fingerprint density at radius 3 is 2.48 bits per heavy atom. The molecule has 0 saturated carbocycles. The van der Waals surface area contributed by atoms with Crippen molar-refractivity contribution in [3.63, 3.8) is 0 Å². The summed E-state index contributed by atoms with van der Waals surface area (Å²) < 4.78 is 7.11. The van der Waals surface area contributed by atoms with Crippen molar-refractivity contribution in [1.29, 1.82) is 0 Å². The predicted octanol–water partition coefficient (Wildman–Crippen LogP) is 3.34. The fourth-order valence-electron chi connectivity index (χ4n) is 2.39. The summed E-state index contributed by atoms with van der Waals surface area (Å²) in [6.07, 6.45) is 3.45. The Balaban J connectivity index is 1.72. The maximum atomic E-state index is 12.4. The van der Waals surface area contributed by atoms with Crippen LogP contribution >= 0.6 is 11.8 Å². The molecule has 0 spiro atoms. The van der Waals surface area contributed by atoms with Crippen molar-refractivity contribution < 1.29 is 9.53 Å². The van der Waals surface area contributed by atoms with Gasteiger partial charge in [-0.05, 0) is 43.3 Å². The summed E-state index contributed by atoms with van der Waals surface area (Å²) in [5.74, 6) is 1.87. The summed E-state index contributed by atoms with van der Waals surface area (Å²) in [6, 6.07) is 10.9. The summed E-state index contributed by atoms with van der Waals surface area (Å²) in [5.41, 5.74) is 1.61. The first-order valence-electron chi connectivity index (χ1n) is 7.86. The van der Waals surface area contributed by atoms with Crippen molar-refractivity contribution in [3.8, 4) is 17.1 Å². The molecule has 0 fully saturated rings. The van der Waals surface area contributed by atoms with Gasteiger partial charge in [-0.2, -0.15) is 0 Å². The number of hydrogen-bond donors (Lipinski definition) is 0. The van der Waals surface area contributed by atoms with Gasteiger partial charge in [0.2, 0.25) is 0 Å². The van der Waals surface area contributed by atoms with Crippen LogP contribution in [-0.2, 0) is 6.54 Å². The molecular formula is C18H18N4O2S. The number of Topliss-reactive ketones (excluding diaryl/α,β-unsaturated/α-hetero) is 1. The molecule has 0 atom stereocenters. The number of thioether (sulfide) groups is 1. The van der Waals surface area contributed by atoms with Gasteiger partial charge in [0.15, 0.2) is 16.8 Å². The Labute approximate surface area is 150 Å². The number of ketones is 1. The van der Waals surface area contributed by atoms with E-state index in [0.29, 0.717) is 11.3 Å². The van der Waals surface area contributed by atoms with E-state index in [-0.39, 0.29) is 5.78 Å². The molecule has 0 N–H and O–H groups in total. The Morgan fingerprint density at radius 2 is 1.84 bits per heavy atom. The van der Waals surface area contributed by atoms with E-state index in [4.69, 9.17) is 4.74 Å². The molecular weight excluding hydrogens is 336 g/mol. The molecule has 0 aliphatic rings. The highest BCUT2D eigenvalue weighted by molar-refractivity contribution is 7.99. The maximum Gasteiger partial charge on any atom is 0.191 e. The van der Waals surface area contributed by atoms with Gasteiger partial charge in [-0.25, -0.2) is 0 Å². The normalized spacial score (nSPS) is 10.6. The third-order valence-electron chi connectivity index (χ3n) is 3.72. The summed E-state index contributed by atoms with van der Waals surface area (Å²) in [7, 11) is 1.60. The Hall–Kier alpha value is -2.67. The van der Waals surface area contributed by atoms with Crippen molar-refractivity contribution in [3.05, 3.63) is 54.4 Å². The standard InChI is InChI=1S/C18H18N4O2S/c1-3-22-17(14-8-10-19-11-9-14)20-21-18(22)25-12-16(23)13-4-6-15(24-2)7-5-13/h4-11H,3,12H2,1-2H3. The van der Waals surface area contributed by atoms with Crippen molar-refractivity contribution in [2.75, 3.05) is 12.9 Å². The first-order chi connectivity index (χ1) is 12.2. The maximum absolute atomic E-state index is 12.4. The number of ether oxygens (including phenoxy) is 1.